The third-order valence-electron chi connectivity index (χ3n) is 4.11. The first-order valence-corrected chi connectivity index (χ1v) is 9.82. The van der Waals surface area contributed by atoms with Gasteiger partial charge in [0.25, 0.3) is 5.89 Å². The highest BCUT2D eigenvalue weighted by Gasteiger charge is 2.21. The second-order valence-electron chi connectivity index (χ2n) is 8.07. The summed E-state index contributed by atoms with van der Waals surface area (Å²) in [6.45, 7) is 8.94. The van der Waals surface area contributed by atoms with E-state index < -0.39 is 23.8 Å². The van der Waals surface area contributed by atoms with Gasteiger partial charge in [-0.2, -0.15) is 0 Å². The molecule has 0 saturated heterocycles. The van der Waals surface area contributed by atoms with Crippen LogP contribution >= 0.6 is 0 Å². The van der Waals surface area contributed by atoms with Gasteiger partial charge < -0.3 is 13.9 Å². The minimum Gasteiger partial charge on any atom is -0.449 e. The molecule has 0 radical (unpaired) electrons. The van der Waals surface area contributed by atoms with Crippen molar-refractivity contribution in [1.82, 2.24) is 10.2 Å². The molecule has 0 aliphatic heterocycles. The highest BCUT2D eigenvalue weighted by Crippen LogP contribution is 2.24. The number of carbonyl (C=O) groups excluding carboxylic acids is 2. The molecule has 8 heteroatoms. The van der Waals surface area contributed by atoms with E-state index in [1.807, 2.05) is 31.2 Å². The molecule has 0 unspecified atom stereocenters. The lowest BCUT2D eigenvalue weighted by Crippen LogP contribution is -2.27. The molecule has 31 heavy (non-hydrogen) atoms. The number of benzene rings is 2. The van der Waals surface area contributed by atoms with Gasteiger partial charge in [0.05, 0.1) is 5.56 Å². The Morgan fingerprint density at radius 1 is 1.06 bits per heavy atom. The Labute approximate surface area is 180 Å². The molecule has 3 aromatic rings. The van der Waals surface area contributed by atoms with E-state index in [0.717, 1.165) is 11.1 Å². The maximum Gasteiger partial charge on any atom is 0.412 e. The summed E-state index contributed by atoms with van der Waals surface area (Å²) in [5, 5.41) is 10.6. The van der Waals surface area contributed by atoms with Gasteiger partial charge in [-0.15, -0.1) is 10.2 Å². The van der Waals surface area contributed by atoms with Crippen molar-refractivity contribution in [2.75, 3.05) is 5.32 Å². The molecular weight excluding hydrogens is 398 g/mol. The number of rotatable bonds is 5. The molecule has 0 aliphatic rings. The van der Waals surface area contributed by atoms with E-state index in [1.54, 1.807) is 45.9 Å². The van der Waals surface area contributed by atoms with Crippen molar-refractivity contribution in [3.63, 3.8) is 0 Å². The number of nitrogens with zero attached hydrogens (tertiary/aromatic N) is 2. The summed E-state index contributed by atoms with van der Waals surface area (Å²) in [4.78, 5) is 24.5. The molecule has 1 heterocycles. The summed E-state index contributed by atoms with van der Waals surface area (Å²) in [6.07, 6.45) is -1.36. The average molecular weight is 423 g/mol. The van der Waals surface area contributed by atoms with Gasteiger partial charge in [0, 0.05) is 11.3 Å². The Bertz CT molecular complexity index is 1070. The fourth-order valence-electron chi connectivity index (χ4n) is 2.64. The van der Waals surface area contributed by atoms with Crippen molar-refractivity contribution in [3.8, 4) is 11.5 Å². The second-order valence-corrected chi connectivity index (χ2v) is 8.07. The molecule has 0 saturated carbocycles. The van der Waals surface area contributed by atoms with E-state index >= 15 is 0 Å². The van der Waals surface area contributed by atoms with Crippen molar-refractivity contribution in [2.45, 2.75) is 46.3 Å². The number of aromatic nitrogens is 2. The molecule has 1 aromatic heterocycles. The van der Waals surface area contributed by atoms with Crippen molar-refractivity contribution in [1.29, 1.82) is 0 Å². The van der Waals surface area contributed by atoms with E-state index in [9.17, 15) is 9.59 Å². The molecular formula is C23H25N3O5. The quantitative estimate of drug-likeness (QED) is 0.555. The third kappa shape index (κ3) is 6.15. The lowest BCUT2D eigenvalue weighted by Gasteiger charge is -2.19. The second kappa shape index (κ2) is 8.99. The van der Waals surface area contributed by atoms with E-state index in [-0.39, 0.29) is 11.5 Å². The molecule has 0 bridgehead atoms. The highest BCUT2D eigenvalue weighted by molar-refractivity contribution is 5.92. The molecule has 2 aromatic carbocycles. The van der Waals surface area contributed by atoms with Crippen molar-refractivity contribution >= 4 is 17.7 Å². The van der Waals surface area contributed by atoms with Gasteiger partial charge in [-0.05, 0) is 65.0 Å². The minimum absolute atomic E-state index is 0.187. The first-order valence-electron chi connectivity index (χ1n) is 9.82. The molecule has 8 nitrogen and oxygen atoms in total. The Balaban J connectivity index is 1.65. The topological polar surface area (TPSA) is 104 Å². The summed E-state index contributed by atoms with van der Waals surface area (Å²) in [5.41, 5.74) is 1.95. The molecule has 162 valence electrons. The fourth-order valence-corrected chi connectivity index (χ4v) is 2.64. The van der Waals surface area contributed by atoms with Crippen LogP contribution in [0.2, 0.25) is 0 Å². The number of esters is 1. The summed E-state index contributed by atoms with van der Waals surface area (Å²) in [5.74, 6) is -0.0520. The maximum atomic E-state index is 12.6. The van der Waals surface area contributed by atoms with Gasteiger partial charge >= 0.3 is 12.1 Å². The van der Waals surface area contributed by atoms with Crippen LogP contribution in [-0.2, 0) is 9.47 Å². The highest BCUT2D eigenvalue weighted by atomic mass is 16.6. The van der Waals surface area contributed by atoms with Crippen LogP contribution in [0.1, 0.15) is 55.6 Å². The summed E-state index contributed by atoms with van der Waals surface area (Å²) >= 11 is 0. The van der Waals surface area contributed by atoms with Gasteiger partial charge in [-0.25, -0.2) is 9.59 Å². The molecule has 0 fully saturated rings. The summed E-state index contributed by atoms with van der Waals surface area (Å²) < 4.78 is 16.3. The van der Waals surface area contributed by atoms with Crippen LogP contribution in [0.3, 0.4) is 0 Å². The minimum atomic E-state index is -0.748. The van der Waals surface area contributed by atoms with Crippen LogP contribution in [0.4, 0.5) is 10.5 Å². The predicted molar refractivity (Wildman–Crippen MR) is 115 cm³/mol. The fraction of sp³-hybridized carbons (Fsp3) is 0.304. The molecule has 0 aliphatic carbocycles. The molecule has 0 spiro atoms. The number of anilines is 1. The largest absolute Gasteiger partial charge is 0.449 e. The maximum absolute atomic E-state index is 12.6. The van der Waals surface area contributed by atoms with E-state index in [4.69, 9.17) is 13.9 Å². The third-order valence-corrected chi connectivity index (χ3v) is 4.11. The van der Waals surface area contributed by atoms with Crippen LogP contribution in [0, 0.1) is 6.92 Å². The van der Waals surface area contributed by atoms with Crippen LogP contribution in [0.15, 0.2) is 52.9 Å². The van der Waals surface area contributed by atoms with Crippen LogP contribution in [0.5, 0.6) is 0 Å². The molecule has 1 amide bonds. The Morgan fingerprint density at radius 2 is 1.77 bits per heavy atom. The lowest BCUT2D eigenvalue weighted by atomic mass is 10.1. The van der Waals surface area contributed by atoms with Gasteiger partial charge in [-0.3, -0.25) is 5.32 Å². The zero-order chi connectivity index (χ0) is 22.6. The van der Waals surface area contributed by atoms with Crippen LogP contribution in [0.25, 0.3) is 11.5 Å². The average Bonchev–Trinajstić information content (AvgIpc) is 3.17. The molecule has 3 rings (SSSR count). The smallest absolute Gasteiger partial charge is 0.412 e. The van der Waals surface area contributed by atoms with E-state index in [1.165, 1.54) is 6.07 Å². The van der Waals surface area contributed by atoms with Crippen molar-refractivity contribution in [2.24, 2.45) is 0 Å². The molecule has 1 N–H and O–H groups in total. The number of nitrogens with one attached hydrogen (secondary N) is 1. The first kappa shape index (κ1) is 22.0. The van der Waals surface area contributed by atoms with Gasteiger partial charge in [-0.1, -0.05) is 23.8 Å². The lowest BCUT2D eigenvalue weighted by molar-refractivity contribution is 0.0279. The molecule has 1 atom stereocenters. The Kier molecular flexibility index (Phi) is 6.39. The number of hydrogen-bond donors (Lipinski definition) is 1. The number of ether oxygens (including phenoxy) is 2. The van der Waals surface area contributed by atoms with Gasteiger partial charge in [0.1, 0.15) is 5.60 Å². The number of amides is 1. The van der Waals surface area contributed by atoms with Crippen molar-refractivity contribution < 1.29 is 23.5 Å². The predicted octanol–water partition coefficient (Wildman–Crippen LogP) is 5.31. The van der Waals surface area contributed by atoms with Crippen LogP contribution < -0.4 is 5.32 Å². The Morgan fingerprint density at radius 3 is 2.45 bits per heavy atom. The number of carbonyl (C=O) groups is 2. The first-order chi connectivity index (χ1) is 14.6. The van der Waals surface area contributed by atoms with E-state index in [0.29, 0.717) is 11.6 Å². The van der Waals surface area contributed by atoms with Gasteiger partial charge in [0.2, 0.25) is 5.89 Å². The monoisotopic (exact) mass is 423 g/mol. The SMILES string of the molecule is Cc1ccc(-c2nnc([C@H](C)OC(=O)c3cccc(NC(=O)OC(C)(C)C)c3)o2)cc1. The Hall–Kier alpha value is -3.68. The normalized spacial score (nSPS) is 12.2. The zero-order valence-electron chi connectivity index (χ0n) is 18.1. The number of aryl methyl sites for hydroxylation is 1. The van der Waals surface area contributed by atoms with Crippen LogP contribution in [-0.4, -0.2) is 27.9 Å². The zero-order valence-corrected chi connectivity index (χ0v) is 18.1. The number of hydrogen-bond acceptors (Lipinski definition) is 7. The summed E-state index contributed by atoms with van der Waals surface area (Å²) in [7, 11) is 0. The van der Waals surface area contributed by atoms with Crippen molar-refractivity contribution in [3.05, 3.63) is 65.5 Å². The van der Waals surface area contributed by atoms with Gasteiger partial charge in [0.15, 0.2) is 6.10 Å². The summed E-state index contributed by atoms with van der Waals surface area (Å²) in [6, 6.07) is 14.0. The standard InChI is InChI=1S/C23H25N3O5/c1-14-9-11-16(12-10-14)20-26-25-19(30-20)15(2)29-21(27)17-7-6-8-18(13-17)24-22(28)31-23(3,4)5/h6-13,15H,1-5H3,(H,24,28)/t15-/m0/s1. The van der Waals surface area contributed by atoms with E-state index in [2.05, 4.69) is 15.5 Å².